The molecule has 1 fully saturated rings. The molecule has 0 bridgehead atoms. The highest BCUT2D eigenvalue weighted by molar-refractivity contribution is 9.10. The average Bonchev–Trinajstić information content (AvgIpc) is 2.47. The number of sulfonamides is 1. The molecule has 1 aliphatic rings. The second-order valence-corrected chi connectivity index (χ2v) is 7.46. The highest BCUT2D eigenvalue weighted by atomic mass is 79.9. The van der Waals surface area contributed by atoms with E-state index < -0.39 is 10.0 Å². The molecule has 0 aliphatic carbocycles. The van der Waals surface area contributed by atoms with E-state index in [1.54, 1.807) is 6.07 Å². The summed E-state index contributed by atoms with van der Waals surface area (Å²) in [7, 11) is -3.59. The smallest absolute Gasteiger partial charge is 0.240 e. The predicted octanol–water partition coefficient (Wildman–Crippen LogP) is 0.504. The van der Waals surface area contributed by atoms with Crippen LogP contribution in [0, 0.1) is 11.3 Å². The third-order valence-corrected chi connectivity index (χ3v) is 5.14. The van der Waals surface area contributed by atoms with Crippen LogP contribution in [0.5, 0.6) is 0 Å². The number of benzene rings is 1. The van der Waals surface area contributed by atoms with E-state index in [1.807, 2.05) is 6.07 Å². The van der Waals surface area contributed by atoms with E-state index in [0.29, 0.717) is 23.1 Å². The first-order valence-corrected chi connectivity index (χ1v) is 8.92. The van der Waals surface area contributed by atoms with Crippen LogP contribution in [-0.2, 0) is 10.0 Å². The van der Waals surface area contributed by atoms with Crippen molar-refractivity contribution in [1.82, 2.24) is 14.9 Å². The molecule has 0 radical (unpaired) electrons. The first kappa shape index (κ1) is 16.4. The molecule has 0 amide bonds. The molecular formula is C13H17BrN4O2S. The summed E-state index contributed by atoms with van der Waals surface area (Å²) in [5.74, 6) is 0. The molecule has 1 saturated heterocycles. The van der Waals surface area contributed by atoms with Crippen molar-refractivity contribution >= 4 is 26.0 Å². The van der Waals surface area contributed by atoms with Gasteiger partial charge in [-0.15, -0.1) is 0 Å². The van der Waals surface area contributed by atoms with Gasteiger partial charge in [-0.2, -0.15) is 5.26 Å². The molecule has 1 aromatic rings. The molecule has 0 spiro atoms. The number of hydrogen-bond acceptors (Lipinski definition) is 5. The number of nitriles is 1. The molecule has 0 atom stereocenters. The largest absolute Gasteiger partial charge is 0.314 e. The van der Waals surface area contributed by atoms with Gasteiger partial charge in [-0.3, -0.25) is 4.90 Å². The molecule has 0 saturated carbocycles. The molecule has 114 valence electrons. The number of rotatable bonds is 5. The van der Waals surface area contributed by atoms with Gasteiger partial charge in [0, 0.05) is 43.7 Å². The van der Waals surface area contributed by atoms with Crippen LogP contribution < -0.4 is 10.0 Å². The fourth-order valence-electron chi connectivity index (χ4n) is 2.14. The summed E-state index contributed by atoms with van der Waals surface area (Å²) in [5, 5.41) is 12.1. The highest BCUT2D eigenvalue weighted by Gasteiger charge is 2.16. The van der Waals surface area contributed by atoms with E-state index in [-0.39, 0.29) is 4.90 Å². The summed E-state index contributed by atoms with van der Waals surface area (Å²) in [6.07, 6.45) is 0. The maximum atomic E-state index is 12.2. The maximum Gasteiger partial charge on any atom is 0.240 e. The van der Waals surface area contributed by atoms with Crippen molar-refractivity contribution in [3.8, 4) is 6.07 Å². The lowest BCUT2D eigenvalue weighted by atomic mass is 10.2. The SMILES string of the molecule is N#Cc1cc(Br)cc(S(=O)(=O)NCCN2CCNCC2)c1. The topological polar surface area (TPSA) is 85.2 Å². The van der Waals surface area contributed by atoms with Crippen LogP contribution in [0.15, 0.2) is 27.6 Å². The predicted molar refractivity (Wildman–Crippen MR) is 83.4 cm³/mol. The van der Waals surface area contributed by atoms with Crippen LogP contribution in [0.2, 0.25) is 0 Å². The normalized spacial score (nSPS) is 16.6. The van der Waals surface area contributed by atoms with Gasteiger partial charge in [-0.25, -0.2) is 13.1 Å². The molecule has 0 unspecified atom stereocenters. The second kappa shape index (κ2) is 7.33. The maximum absolute atomic E-state index is 12.2. The standard InChI is InChI=1S/C13H17BrN4O2S/c14-12-7-11(10-15)8-13(9-12)21(19,20)17-3-6-18-4-1-16-2-5-18/h7-9,16-17H,1-6H2. The van der Waals surface area contributed by atoms with Crippen LogP contribution >= 0.6 is 15.9 Å². The number of nitrogens with one attached hydrogen (secondary N) is 2. The summed E-state index contributed by atoms with van der Waals surface area (Å²) in [6, 6.07) is 6.40. The Bertz CT molecular complexity index is 636. The molecule has 2 rings (SSSR count). The van der Waals surface area contributed by atoms with Gasteiger partial charge in [-0.1, -0.05) is 15.9 Å². The number of halogens is 1. The third-order valence-electron chi connectivity index (χ3n) is 3.24. The highest BCUT2D eigenvalue weighted by Crippen LogP contribution is 2.19. The van der Waals surface area contributed by atoms with Crippen LogP contribution in [-0.4, -0.2) is 52.6 Å². The summed E-state index contributed by atoms with van der Waals surface area (Å²) >= 11 is 3.22. The van der Waals surface area contributed by atoms with Crippen LogP contribution in [0.4, 0.5) is 0 Å². The van der Waals surface area contributed by atoms with Crippen LogP contribution in [0.3, 0.4) is 0 Å². The Morgan fingerprint density at radius 1 is 1.33 bits per heavy atom. The molecule has 8 heteroatoms. The minimum Gasteiger partial charge on any atom is -0.314 e. The van der Waals surface area contributed by atoms with Crippen LogP contribution in [0.1, 0.15) is 5.56 Å². The van der Waals surface area contributed by atoms with Gasteiger partial charge in [0.1, 0.15) is 0 Å². The van der Waals surface area contributed by atoms with E-state index >= 15 is 0 Å². The Hall–Kier alpha value is -0.980. The Kier molecular flexibility index (Phi) is 5.72. The Balaban J connectivity index is 1.98. The Morgan fingerprint density at radius 3 is 2.71 bits per heavy atom. The monoisotopic (exact) mass is 372 g/mol. The van der Waals surface area contributed by atoms with Crippen molar-refractivity contribution in [1.29, 1.82) is 5.26 Å². The number of hydrogen-bond donors (Lipinski definition) is 2. The van der Waals surface area contributed by atoms with Gasteiger partial charge >= 0.3 is 0 Å². The minimum absolute atomic E-state index is 0.105. The average molecular weight is 373 g/mol. The zero-order valence-electron chi connectivity index (χ0n) is 11.5. The Morgan fingerprint density at radius 2 is 2.05 bits per heavy atom. The van der Waals surface area contributed by atoms with Crippen molar-refractivity contribution < 1.29 is 8.42 Å². The van der Waals surface area contributed by atoms with E-state index in [9.17, 15) is 8.42 Å². The van der Waals surface area contributed by atoms with Crippen LogP contribution in [0.25, 0.3) is 0 Å². The molecular weight excluding hydrogens is 356 g/mol. The van der Waals surface area contributed by atoms with Gasteiger partial charge in [0.05, 0.1) is 16.5 Å². The van der Waals surface area contributed by atoms with Crippen molar-refractivity contribution in [3.05, 3.63) is 28.2 Å². The zero-order valence-corrected chi connectivity index (χ0v) is 13.9. The van der Waals surface area contributed by atoms with Gasteiger partial charge in [0.15, 0.2) is 0 Å². The quantitative estimate of drug-likeness (QED) is 0.786. The summed E-state index contributed by atoms with van der Waals surface area (Å²) in [4.78, 5) is 2.31. The molecule has 2 N–H and O–H groups in total. The summed E-state index contributed by atoms with van der Waals surface area (Å²) in [5.41, 5.74) is 0.312. The van der Waals surface area contributed by atoms with Crippen molar-refractivity contribution in [2.24, 2.45) is 0 Å². The number of piperazine rings is 1. The van der Waals surface area contributed by atoms with Gasteiger partial charge in [-0.05, 0) is 18.2 Å². The fourth-order valence-corrected chi connectivity index (χ4v) is 3.87. The molecule has 6 nitrogen and oxygen atoms in total. The first-order valence-electron chi connectivity index (χ1n) is 6.65. The van der Waals surface area contributed by atoms with Crippen molar-refractivity contribution in [3.63, 3.8) is 0 Å². The summed E-state index contributed by atoms with van der Waals surface area (Å²) < 4.78 is 27.6. The Labute approximate surface area is 133 Å². The molecule has 1 aromatic carbocycles. The van der Waals surface area contributed by atoms with Gasteiger partial charge in [0.2, 0.25) is 10.0 Å². The van der Waals surface area contributed by atoms with Crippen molar-refractivity contribution in [2.75, 3.05) is 39.3 Å². The molecule has 1 heterocycles. The van der Waals surface area contributed by atoms with E-state index in [2.05, 4.69) is 30.9 Å². The third kappa shape index (κ3) is 4.76. The van der Waals surface area contributed by atoms with E-state index in [1.165, 1.54) is 12.1 Å². The van der Waals surface area contributed by atoms with Gasteiger partial charge < -0.3 is 5.32 Å². The number of nitrogens with zero attached hydrogens (tertiary/aromatic N) is 2. The lowest BCUT2D eigenvalue weighted by molar-refractivity contribution is 0.245. The molecule has 0 aromatic heterocycles. The lowest BCUT2D eigenvalue weighted by Gasteiger charge is -2.27. The molecule has 21 heavy (non-hydrogen) atoms. The lowest BCUT2D eigenvalue weighted by Crippen LogP contribution is -2.46. The van der Waals surface area contributed by atoms with Crippen molar-refractivity contribution in [2.45, 2.75) is 4.90 Å². The second-order valence-electron chi connectivity index (χ2n) is 4.78. The summed E-state index contributed by atoms with van der Waals surface area (Å²) in [6.45, 7) is 4.76. The minimum atomic E-state index is -3.59. The molecule has 1 aliphatic heterocycles. The first-order chi connectivity index (χ1) is 10.0. The zero-order chi connectivity index (χ0) is 15.3. The van der Waals surface area contributed by atoms with E-state index in [0.717, 1.165) is 26.2 Å². The van der Waals surface area contributed by atoms with E-state index in [4.69, 9.17) is 5.26 Å². The fraction of sp³-hybridized carbons (Fsp3) is 0.462. The van der Waals surface area contributed by atoms with Gasteiger partial charge in [0.25, 0.3) is 0 Å².